The zero-order valence-corrected chi connectivity index (χ0v) is 11.0. The standard InChI is InChI=1S/C14H15N5O/c1-9-4-13(19-14(5-9)17-8-18-19)16-7-10-6-11(15)2-3-12(10)20/h2-6,8,16,20H,7,15H2,1H3. The topological polar surface area (TPSA) is 88.5 Å². The average molecular weight is 269 g/mol. The number of benzene rings is 1. The Morgan fingerprint density at radius 1 is 1.30 bits per heavy atom. The predicted molar refractivity (Wildman–Crippen MR) is 77.6 cm³/mol. The van der Waals surface area contributed by atoms with Crippen molar-refractivity contribution in [3.05, 3.63) is 47.8 Å². The Kier molecular flexibility index (Phi) is 2.90. The molecule has 3 aromatic rings. The number of nitrogen functional groups attached to an aromatic ring is 1. The van der Waals surface area contributed by atoms with Gasteiger partial charge in [0.05, 0.1) is 0 Å². The molecule has 0 aliphatic carbocycles. The fourth-order valence-corrected chi connectivity index (χ4v) is 2.12. The van der Waals surface area contributed by atoms with Crippen molar-refractivity contribution >= 4 is 17.2 Å². The molecule has 0 aliphatic heterocycles. The summed E-state index contributed by atoms with van der Waals surface area (Å²) in [5.74, 6) is 1.04. The number of nitrogens with two attached hydrogens (primary N) is 1. The highest BCUT2D eigenvalue weighted by molar-refractivity contribution is 5.53. The molecular weight excluding hydrogens is 254 g/mol. The molecule has 0 bridgehead atoms. The first kappa shape index (κ1) is 12.3. The first-order chi connectivity index (χ1) is 9.63. The van der Waals surface area contributed by atoms with Crippen LogP contribution in [0.15, 0.2) is 36.7 Å². The van der Waals surface area contributed by atoms with Crippen LogP contribution in [0.3, 0.4) is 0 Å². The molecule has 6 nitrogen and oxygen atoms in total. The SMILES string of the molecule is Cc1cc(NCc2cc(N)ccc2O)n2ncnc2c1. The summed E-state index contributed by atoms with van der Waals surface area (Å²) in [5.41, 5.74) is 8.95. The van der Waals surface area contributed by atoms with E-state index in [4.69, 9.17) is 5.73 Å². The number of nitrogens with one attached hydrogen (secondary N) is 1. The molecule has 0 spiro atoms. The lowest BCUT2D eigenvalue weighted by molar-refractivity contribution is 0.469. The maximum Gasteiger partial charge on any atom is 0.157 e. The maximum atomic E-state index is 9.81. The third-order valence-corrected chi connectivity index (χ3v) is 3.09. The molecule has 0 amide bonds. The molecule has 4 N–H and O–H groups in total. The predicted octanol–water partition coefficient (Wildman–Crippen LogP) is 1.94. The summed E-state index contributed by atoms with van der Waals surface area (Å²) < 4.78 is 1.72. The summed E-state index contributed by atoms with van der Waals surface area (Å²) in [5, 5.41) is 17.2. The van der Waals surface area contributed by atoms with E-state index in [9.17, 15) is 5.11 Å². The van der Waals surface area contributed by atoms with E-state index in [2.05, 4.69) is 15.4 Å². The highest BCUT2D eigenvalue weighted by atomic mass is 16.3. The average Bonchev–Trinajstić information content (AvgIpc) is 2.87. The van der Waals surface area contributed by atoms with Crippen LogP contribution < -0.4 is 11.1 Å². The third kappa shape index (κ3) is 2.23. The largest absolute Gasteiger partial charge is 0.508 e. The minimum atomic E-state index is 0.217. The van der Waals surface area contributed by atoms with Gasteiger partial charge >= 0.3 is 0 Å². The smallest absolute Gasteiger partial charge is 0.157 e. The summed E-state index contributed by atoms with van der Waals surface area (Å²) in [7, 11) is 0. The Balaban J connectivity index is 1.90. The van der Waals surface area contributed by atoms with Crippen LogP contribution in [0.25, 0.3) is 5.65 Å². The van der Waals surface area contributed by atoms with E-state index in [-0.39, 0.29) is 5.75 Å². The molecular formula is C14H15N5O. The fourth-order valence-electron chi connectivity index (χ4n) is 2.12. The number of phenolic OH excluding ortho intramolecular Hbond substituents is 1. The fraction of sp³-hybridized carbons (Fsp3) is 0.143. The van der Waals surface area contributed by atoms with E-state index in [1.165, 1.54) is 6.33 Å². The normalized spacial score (nSPS) is 10.8. The molecule has 20 heavy (non-hydrogen) atoms. The van der Waals surface area contributed by atoms with Crippen molar-refractivity contribution in [3.8, 4) is 5.75 Å². The second kappa shape index (κ2) is 4.73. The minimum Gasteiger partial charge on any atom is -0.508 e. The molecule has 1 aromatic carbocycles. The van der Waals surface area contributed by atoms with E-state index < -0.39 is 0 Å². The molecule has 0 radical (unpaired) electrons. The van der Waals surface area contributed by atoms with E-state index in [1.54, 1.807) is 22.7 Å². The van der Waals surface area contributed by atoms with Gasteiger partial charge in [-0.2, -0.15) is 9.61 Å². The van der Waals surface area contributed by atoms with Crippen molar-refractivity contribution in [2.24, 2.45) is 0 Å². The number of fused-ring (bicyclic) bond motifs is 1. The third-order valence-electron chi connectivity index (χ3n) is 3.09. The number of aromatic nitrogens is 3. The first-order valence-corrected chi connectivity index (χ1v) is 6.25. The van der Waals surface area contributed by atoms with Crippen molar-refractivity contribution in [3.63, 3.8) is 0 Å². The van der Waals surface area contributed by atoms with E-state index in [1.807, 2.05) is 19.1 Å². The molecule has 102 valence electrons. The highest BCUT2D eigenvalue weighted by Gasteiger charge is 2.06. The van der Waals surface area contributed by atoms with E-state index >= 15 is 0 Å². The van der Waals surface area contributed by atoms with Gasteiger partial charge in [-0.25, -0.2) is 4.98 Å². The van der Waals surface area contributed by atoms with E-state index in [0.717, 1.165) is 22.6 Å². The first-order valence-electron chi connectivity index (χ1n) is 6.25. The lowest BCUT2D eigenvalue weighted by atomic mass is 10.2. The van der Waals surface area contributed by atoms with Crippen LogP contribution in [0, 0.1) is 6.92 Å². The molecule has 2 aromatic heterocycles. The van der Waals surface area contributed by atoms with Crippen molar-refractivity contribution in [2.75, 3.05) is 11.1 Å². The number of aromatic hydroxyl groups is 1. The highest BCUT2D eigenvalue weighted by Crippen LogP contribution is 2.21. The number of nitrogens with zero attached hydrogens (tertiary/aromatic N) is 3. The zero-order chi connectivity index (χ0) is 14.1. The molecule has 6 heteroatoms. The van der Waals surface area contributed by atoms with Gasteiger partial charge in [-0.15, -0.1) is 0 Å². The van der Waals surface area contributed by atoms with Crippen LogP contribution in [-0.2, 0) is 6.54 Å². The number of anilines is 2. The molecule has 3 rings (SSSR count). The Hall–Kier alpha value is -2.76. The van der Waals surface area contributed by atoms with Crippen molar-refractivity contribution in [2.45, 2.75) is 13.5 Å². The van der Waals surface area contributed by atoms with Crippen molar-refractivity contribution < 1.29 is 5.11 Å². The van der Waals surface area contributed by atoms with Crippen LogP contribution in [0.4, 0.5) is 11.5 Å². The van der Waals surface area contributed by atoms with Crippen molar-refractivity contribution in [1.82, 2.24) is 14.6 Å². The van der Waals surface area contributed by atoms with Gasteiger partial charge < -0.3 is 16.2 Å². The van der Waals surface area contributed by atoms with Crippen LogP contribution in [-0.4, -0.2) is 19.7 Å². The Labute approximate surface area is 115 Å². The summed E-state index contributed by atoms with van der Waals surface area (Å²) >= 11 is 0. The number of phenols is 1. The van der Waals surface area contributed by atoms with Gasteiger partial charge in [0.25, 0.3) is 0 Å². The molecule has 0 atom stereocenters. The number of hydrogen-bond acceptors (Lipinski definition) is 5. The number of pyridine rings is 1. The van der Waals surface area contributed by atoms with Gasteiger partial charge in [-0.05, 0) is 42.8 Å². The molecule has 2 heterocycles. The summed E-state index contributed by atoms with van der Waals surface area (Å²) in [6.45, 7) is 2.45. The minimum absolute atomic E-state index is 0.217. The van der Waals surface area contributed by atoms with Crippen LogP contribution in [0.5, 0.6) is 5.75 Å². The van der Waals surface area contributed by atoms with Gasteiger partial charge in [-0.3, -0.25) is 0 Å². The quantitative estimate of drug-likeness (QED) is 0.499. The second-order valence-electron chi connectivity index (χ2n) is 4.69. The number of aryl methyl sites for hydroxylation is 1. The van der Waals surface area contributed by atoms with Gasteiger partial charge in [0, 0.05) is 17.8 Å². The number of rotatable bonds is 3. The Morgan fingerprint density at radius 3 is 3.00 bits per heavy atom. The van der Waals surface area contributed by atoms with Gasteiger partial charge in [0.1, 0.15) is 17.9 Å². The Morgan fingerprint density at radius 2 is 2.15 bits per heavy atom. The molecule has 0 saturated heterocycles. The molecule has 0 aliphatic rings. The maximum absolute atomic E-state index is 9.81. The van der Waals surface area contributed by atoms with Crippen LogP contribution >= 0.6 is 0 Å². The number of hydrogen-bond donors (Lipinski definition) is 3. The molecule has 0 unspecified atom stereocenters. The molecule has 0 fully saturated rings. The van der Waals surface area contributed by atoms with Gasteiger partial charge in [0.2, 0.25) is 0 Å². The van der Waals surface area contributed by atoms with Crippen LogP contribution in [0.1, 0.15) is 11.1 Å². The monoisotopic (exact) mass is 269 g/mol. The van der Waals surface area contributed by atoms with E-state index in [0.29, 0.717) is 12.2 Å². The zero-order valence-electron chi connectivity index (χ0n) is 11.0. The molecule has 0 saturated carbocycles. The second-order valence-corrected chi connectivity index (χ2v) is 4.69. The lowest BCUT2D eigenvalue weighted by Gasteiger charge is -2.10. The summed E-state index contributed by atoms with van der Waals surface area (Å²) in [4.78, 5) is 4.17. The lowest BCUT2D eigenvalue weighted by Crippen LogP contribution is -2.06. The van der Waals surface area contributed by atoms with Gasteiger partial charge in [-0.1, -0.05) is 0 Å². The summed E-state index contributed by atoms with van der Waals surface area (Å²) in [6, 6.07) is 8.94. The van der Waals surface area contributed by atoms with Gasteiger partial charge in [0.15, 0.2) is 5.65 Å². The Bertz CT molecular complexity index is 765. The summed E-state index contributed by atoms with van der Waals surface area (Å²) in [6.07, 6.45) is 1.51. The van der Waals surface area contributed by atoms with Crippen molar-refractivity contribution in [1.29, 1.82) is 0 Å². The van der Waals surface area contributed by atoms with Crippen LogP contribution in [0.2, 0.25) is 0 Å².